The molecule has 0 fully saturated rings. The Bertz CT molecular complexity index is 1760. The molecule has 0 amide bonds. The molecule has 4 aromatic rings. The first-order valence-corrected chi connectivity index (χ1v) is 13.3. The van der Waals surface area contributed by atoms with E-state index in [0.29, 0.717) is 37.1 Å². The second kappa shape index (κ2) is 11.3. The first kappa shape index (κ1) is 26.5. The average Bonchev–Trinajstić information content (AvgIpc) is 3.25. The molecule has 2 heterocycles. The van der Waals surface area contributed by atoms with E-state index < -0.39 is 12.0 Å². The zero-order valence-corrected chi connectivity index (χ0v) is 23.1. The smallest absolute Gasteiger partial charge is 0.338 e. The first-order chi connectivity index (χ1) is 18.9. The van der Waals surface area contributed by atoms with Crippen LogP contribution in [0.15, 0.2) is 93.9 Å². The molecule has 9 heteroatoms. The fraction of sp³-hybridized carbons (Fsp3) is 0.167. The van der Waals surface area contributed by atoms with E-state index in [0.717, 1.165) is 16.7 Å². The van der Waals surface area contributed by atoms with Gasteiger partial charge in [-0.05, 0) is 54.5 Å². The van der Waals surface area contributed by atoms with E-state index in [1.165, 1.54) is 18.4 Å². The van der Waals surface area contributed by atoms with E-state index in [2.05, 4.69) is 4.99 Å². The van der Waals surface area contributed by atoms with Crippen molar-refractivity contribution in [2.75, 3.05) is 14.2 Å². The zero-order valence-electron chi connectivity index (χ0n) is 21.5. The summed E-state index contributed by atoms with van der Waals surface area (Å²) in [6.45, 7) is 2.01. The van der Waals surface area contributed by atoms with Gasteiger partial charge in [0.2, 0.25) is 0 Å². The van der Waals surface area contributed by atoms with Crippen LogP contribution in [0.1, 0.15) is 29.7 Å². The maximum atomic E-state index is 13.8. The summed E-state index contributed by atoms with van der Waals surface area (Å²) < 4.78 is 18.6. The zero-order chi connectivity index (χ0) is 27.5. The van der Waals surface area contributed by atoms with E-state index in [9.17, 15) is 9.59 Å². The van der Waals surface area contributed by atoms with E-state index in [4.69, 9.17) is 25.8 Å². The molecule has 0 saturated heterocycles. The molecule has 1 aliphatic rings. The standard InChI is InChI=1S/C30H25ClN2O5S/c1-18-26(29(35)37-3)27(20-8-5-4-6-9-20)33-28(34)25(39-30(33)32-18)15-19-12-13-24(36-2)21(14-19)17-38-23-11-7-10-22(31)16-23/h4-16,27H,17H2,1-3H3/t27-/m1/s1. The number of fused-ring (bicyclic) bond motifs is 1. The minimum atomic E-state index is -0.644. The number of allylic oxidation sites excluding steroid dienone is 1. The summed E-state index contributed by atoms with van der Waals surface area (Å²) in [7, 11) is 2.92. The lowest BCUT2D eigenvalue weighted by molar-refractivity contribution is -0.136. The Morgan fingerprint density at radius 2 is 1.87 bits per heavy atom. The SMILES string of the molecule is COC(=O)C1=C(C)N=c2sc(=Cc3ccc(OC)c(COc4cccc(Cl)c4)c3)c(=O)n2[C@@H]1c1ccccc1. The highest BCUT2D eigenvalue weighted by molar-refractivity contribution is 7.07. The summed E-state index contributed by atoms with van der Waals surface area (Å²) in [6.07, 6.45) is 1.81. The largest absolute Gasteiger partial charge is 0.496 e. The molecule has 0 saturated carbocycles. The van der Waals surface area contributed by atoms with Crippen LogP contribution in [-0.4, -0.2) is 24.8 Å². The number of rotatable bonds is 7. The number of halogens is 1. The topological polar surface area (TPSA) is 79.1 Å². The third kappa shape index (κ3) is 5.39. The predicted octanol–water partition coefficient (Wildman–Crippen LogP) is 4.65. The van der Waals surface area contributed by atoms with Crippen molar-refractivity contribution >= 4 is 35.0 Å². The van der Waals surface area contributed by atoms with Crippen LogP contribution in [0, 0.1) is 0 Å². The molecule has 1 atom stereocenters. The van der Waals surface area contributed by atoms with Crippen molar-refractivity contribution in [3.63, 3.8) is 0 Å². The van der Waals surface area contributed by atoms with Crippen LogP contribution in [0.3, 0.4) is 0 Å². The van der Waals surface area contributed by atoms with Crippen molar-refractivity contribution in [1.29, 1.82) is 0 Å². The quantitative estimate of drug-likeness (QED) is 0.307. The number of esters is 1. The molecular formula is C30H25ClN2O5S. The molecule has 5 rings (SSSR count). The number of thiazole rings is 1. The molecule has 0 aliphatic carbocycles. The van der Waals surface area contributed by atoms with E-state index >= 15 is 0 Å². The number of carbonyl (C=O) groups excluding carboxylic acids is 1. The monoisotopic (exact) mass is 560 g/mol. The first-order valence-electron chi connectivity index (χ1n) is 12.1. The fourth-order valence-corrected chi connectivity index (χ4v) is 5.74. The van der Waals surface area contributed by atoms with E-state index in [-0.39, 0.29) is 12.2 Å². The number of hydrogen-bond acceptors (Lipinski definition) is 7. The molecule has 198 valence electrons. The fourth-order valence-electron chi connectivity index (χ4n) is 4.51. The van der Waals surface area contributed by atoms with Crippen molar-refractivity contribution in [1.82, 2.24) is 4.57 Å². The Morgan fingerprint density at radius 1 is 1.08 bits per heavy atom. The lowest BCUT2D eigenvalue weighted by Crippen LogP contribution is -2.39. The van der Waals surface area contributed by atoms with Gasteiger partial charge in [0, 0.05) is 10.6 Å². The molecule has 0 unspecified atom stereocenters. The van der Waals surface area contributed by atoms with Crippen LogP contribution in [0.5, 0.6) is 11.5 Å². The summed E-state index contributed by atoms with van der Waals surface area (Å²) in [5.41, 5.74) is 3.02. The summed E-state index contributed by atoms with van der Waals surface area (Å²) >= 11 is 7.35. The molecule has 0 N–H and O–H groups in total. The van der Waals surface area contributed by atoms with Gasteiger partial charge in [-0.2, -0.15) is 0 Å². The van der Waals surface area contributed by atoms with E-state index in [1.807, 2.05) is 66.7 Å². The maximum Gasteiger partial charge on any atom is 0.338 e. The summed E-state index contributed by atoms with van der Waals surface area (Å²) in [5, 5.41) is 0.586. The van der Waals surface area contributed by atoms with Crippen LogP contribution < -0.4 is 24.4 Å². The second-order valence-corrected chi connectivity index (χ2v) is 10.2. The number of hydrogen-bond donors (Lipinski definition) is 0. The molecule has 0 bridgehead atoms. The van der Waals surface area contributed by atoms with Gasteiger partial charge in [0.25, 0.3) is 5.56 Å². The lowest BCUT2D eigenvalue weighted by atomic mass is 9.96. The predicted molar refractivity (Wildman–Crippen MR) is 151 cm³/mol. The van der Waals surface area contributed by atoms with Gasteiger partial charge in [-0.1, -0.05) is 65.4 Å². The Kier molecular flexibility index (Phi) is 7.67. The van der Waals surface area contributed by atoms with Crippen molar-refractivity contribution < 1.29 is 19.0 Å². The molecular weight excluding hydrogens is 536 g/mol. The van der Waals surface area contributed by atoms with Crippen molar-refractivity contribution in [3.05, 3.63) is 125 Å². The van der Waals surface area contributed by atoms with Crippen LogP contribution in [0.4, 0.5) is 0 Å². The molecule has 39 heavy (non-hydrogen) atoms. The molecule has 7 nitrogen and oxygen atoms in total. The van der Waals surface area contributed by atoms with Crippen LogP contribution in [0.25, 0.3) is 6.08 Å². The van der Waals surface area contributed by atoms with E-state index in [1.54, 1.807) is 30.7 Å². The number of methoxy groups -OCH3 is 2. The number of ether oxygens (including phenoxy) is 3. The average molecular weight is 561 g/mol. The minimum absolute atomic E-state index is 0.242. The Balaban J connectivity index is 1.57. The van der Waals surface area contributed by atoms with Crippen LogP contribution >= 0.6 is 22.9 Å². The Morgan fingerprint density at radius 3 is 2.59 bits per heavy atom. The van der Waals surface area contributed by atoms with Crippen molar-refractivity contribution in [2.24, 2.45) is 4.99 Å². The number of carbonyl (C=O) groups is 1. The number of aromatic nitrogens is 1. The van der Waals surface area contributed by atoms with Gasteiger partial charge in [0.15, 0.2) is 4.80 Å². The van der Waals surface area contributed by atoms with Gasteiger partial charge in [-0.15, -0.1) is 0 Å². The van der Waals surface area contributed by atoms with Gasteiger partial charge in [-0.25, -0.2) is 9.79 Å². The maximum absolute atomic E-state index is 13.8. The molecule has 0 radical (unpaired) electrons. The molecule has 1 aromatic heterocycles. The highest BCUT2D eigenvalue weighted by atomic mass is 35.5. The third-order valence-corrected chi connectivity index (χ3v) is 7.55. The van der Waals surface area contributed by atoms with Crippen molar-refractivity contribution in [2.45, 2.75) is 19.6 Å². The third-order valence-electron chi connectivity index (χ3n) is 6.33. The summed E-state index contributed by atoms with van der Waals surface area (Å²) in [4.78, 5) is 31.6. The summed E-state index contributed by atoms with van der Waals surface area (Å²) in [6, 6.07) is 21.6. The van der Waals surface area contributed by atoms with Crippen LogP contribution in [-0.2, 0) is 16.1 Å². The second-order valence-electron chi connectivity index (χ2n) is 8.80. The highest BCUT2D eigenvalue weighted by Crippen LogP contribution is 2.30. The van der Waals surface area contributed by atoms with Crippen molar-refractivity contribution in [3.8, 4) is 11.5 Å². The number of benzene rings is 3. The van der Waals surface area contributed by atoms with Gasteiger partial charge in [0.1, 0.15) is 18.1 Å². The van der Waals surface area contributed by atoms with Gasteiger partial charge in [0.05, 0.1) is 36.1 Å². The minimum Gasteiger partial charge on any atom is -0.496 e. The van der Waals surface area contributed by atoms with Gasteiger partial charge in [-0.3, -0.25) is 9.36 Å². The normalized spacial score (nSPS) is 15.0. The number of nitrogens with zero attached hydrogens (tertiary/aromatic N) is 2. The van der Waals surface area contributed by atoms with Crippen LogP contribution in [0.2, 0.25) is 5.02 Å². The highest BCUT2D eigenvalue weighted by Gasteiger charge is 2.32. The molecule has 3 aromatic carbocycles. The Labute approximate surface area is 233 Å². The van der Waals surface area contributed by atoms with Gasteiger partial charge >= 0.3 is 5.97 Å². The molecule has 1 aliphatic heterocycles. The molecule has 0 spiro atoms. The Hall–Kier alpha value is -4.14. The lowest BCUT2D eigenvalue weighted by Gasteiger charge is -2.24. The summed E-state index contributed by atoms with van der Waals surface area (Å²) in [5.74, 6) is 0.790. The van der Waals surface area contributed by atoms with Gasteiger partial charge < -0.3 is 14.2 Å².